The van der Waals surface area contributed by atoms with Crippen LogP contribution >= 0.6 is 15.9 Å². The molecule has 0 aliphatic heterocycles. The minimum Gasteiger partial charge on any atom is -0.335 e. The highest BCUT2D eigenvalue weighted by atomic mass is 79.9. The number of anilines is 2. The zero-order chi connectivity index (χ0) is 19.2. The summed E-state index contributed by atoms with van der Waals surface area (Å²) < 4.78 is 0.903. The predicted molar refractivity (Wildman–Crippen MR) is 108 cm³/mol. The molecule has 0 aromatic heterocycles. The Morgan fingerprint density at radius 2 is 1.44 bits per heavy atom. The molecule has 3 amide bonds. The maximum atomic E-state index is 12.1. The molecule has 6 nitrogen and oxygen atoms in total. The van der Waals surface area contributed by atoms with Gasteiger partial charge in [0.25, 0.3) is 0 Å². The van der Waals surface area contributed by atoms with Crippen LogP contribution in [-0.2, 0) is 4.79 Å². The highest BCUT2D eigenvalue weighted by molar-refractivity contribution is 9.10. The van der Waals surface area contributed by atoms with Gasteiger partial charge in [-0.3, -0.25) is 9.59 Å². The number of amides is 3. The number of nitrogens with one attached hydrogen (secondary N) is 3. The minimum atomic E-state index is -0.229. The van der Waals surface area contributed by atoms with Gasteiger partial charge in [-0.05, 0) is 49.2 Å². The lowest BCUT2D eigenvalue weighted by atomic mass is 10.1. The first-order valence-electron chi connectivity index (χ1n) is 8.76. The van der Waals surface area contributed by atoms with Crippen LogP contribution in [0.15, 0.2) is 53.0 Å². The summed E-state index contributed by atoms with van der Waals surface area (Å²) in [5.41, 5.74) is 1.85. The molecule has 0 spiro atoms. The average molecular weight is 430 g/mol. The van der Waals surface area contributed by atoms with Crippen LogP contribution in [0.3, 0.4) is 0 Å². The van der Waals surface area contributed by atoms with Gasteiger partial charge in [-0.25, -0.2) is 4.79 Å². The first-order chi connectivity index (χ1) is 13.0. The number of rotatable bonds is 7. The number of carbonyl (C=O) groups is 3. The molecule has 1 fully saturated rings. The van der Waals surface area contributed by atoms with Gasteiger partial charge in [-0.2, -0.15) is 0 Å². The molecular weight excluding hydrogens is 410 g/mol. The van der Waals surface area contributed by atoms with Crippen molar-refractivity contribution in [2.24, 2.45) is 0 Å². The fourth-order valence-electron chi connectivity index (χ4n) is 2.45. The van der Waals surface area contributed by atoms with Crippen molar-refractivity contribution in [3.8, 4) is 0 Å². The minimum absolute atomic E-state index is 0.0705. The third kappa shape index (κ3) is 6.21. The quantitative estimate of drug-likeness (QED) is 0.572. The largest absolute Gasteiger partial charge is 0.335 e. The second-order valence-corrected chi connectivity index (χ2v) is 7.34. The van der Waals surface area contributed by atoms with Gasteiger partial charge in [0.05, 0.1) is 0 Å². The topological polar surface area (TPSA) is 87.3 Å². The van der Waals surface area contributed by atoms with Crippen LogP contribution in [0.2, 0.25) is 0 Å². The smallest absolute Gasteiger partial charge is 0.319 e. The third-order valence-corrected chi connectivity index (χ3v) is 4.61. The second-order valence-electron chi connectivity index (χ2n) is 6.43. The average Bonchev–Trinajstić information content (AvgIpc) is 3.46. The molecule has 0 unspecified atom stereocenters. The lowest BCUT2D eigenvalue weighted by molar-refractivity contribution is -0.116. The zero-order valence-electron chi connectivity index (χ0n) is 14.6. The summed E-state index contributed by atoms with van der Waals surface area (Å²) in [7, 11) is 0. The standard InChI is InChI=1S/C20H20BrN3O3/c21-14-3-1-13(2-4-14)18(25)11-12-19(26)22-15-5-7-16(8-6-15)23-20(27)24-17-9-10-17/h1-8,17H,9-12H2,(H,22,26)(H2,23,24,27). The Bertz CT molecular complexity index is 831. The fourth-order valence-corrected chi connectivity index (χ4v) is 2.71. The van der Waals surface area contributed by atoms with E-state index in [0.29, 0.717) is 23.0 Å². The summed E-state index contributed by atoms with van der Waals surface area (Å²) in [5, 5.41) is 8.34. The van der Waals surface area contributed by atoms with Crippen molar-refractivity contribution in [1.82, 2.24) is 5.32 Å². The van der Waals surface area contributed by atoms with E-state index in [1.165, 1.54) is 0 Å². The van der Waals surface area contributed by atoms with E-state index in [-0.39, 0.29) is 30.6 Å². The Balaban J connectivity index is 1.43. The van der Waals surface area contributed by atoms with Crippen molar-refractivity contribution >= 4 is 45.0 Å². The number of benzene rings is 2. The molecule has 0 radical (unpaired) electrons. The molecule has 140 valence electrons. The van der Waals surface area contributed by atoms with E-state index >= 15 is 0 Å². The van der Waals surface area contributed by atoms with Crippen LogP contribution in [0.5, 0.6) is 0 Å². The van der Waals surface area contributed by atoms with Crippen LogP contribution < -0.4 is 16.0 Å². The van der Waals surface area contributed by atoms with Gasteiger partial charge in [0.1, 0.15) is 0 Å². The van der Waals surface area contributed by atoms with E-state index in [1.54, 1.807) is 48.5 Å². The Labute approximate surface area is 165 Å². The van der Waals surface area contributed by atoms with E-state index in [2.05, 4.69) is 31.9 Å². The molecule has 3 rings (SSSR count). The van der Waals surface area contributed by atoms with Gasteiger partial charge in [0, 0.05) is 40.3 Å². The van der Waals surface area contributed by atoms with Gasteiger partial charge in [0.15, 0.2) is 5.78 Å². The van der Waals surface area contributed by atoms with Crippen LogP contribution in [0.4, 0.5) is 16.2 Å². The van der Waals surface area contributed by atoms with E-state index < -0.39 is 0 Å². The molecular formula is C20H20BrN3O3. The van der Waals surface area contributed by atoms with Crippen LogP contribution in [0.25, 0.3) is 0 Å². The molecule has 0 heterocycles. The Morgan fingerprint density at radius 1 is 0.852 bits per heavy atom. The lowest BCUT2D eigenvalue weighted by Crippen LogP contribution is -2.30. The molecule has 1 aliphatic rings. The number of carbonyl (C=O) groups excluding carboxylic acids is 3. The summed E-state index contributed by atoms with van der Waals surface area (Å²) >= 11 is 3.32. The van der Waals surface area contributed by atoms with E-state index in [9.17, 15) is 14.4 Å². The van der Waals surface area contributed by atoms with Gasteiger partial charge < -0.3 is 16.0 Å². The van der Waals surface area contributed by atoms with Crippen molar-refractivity contribution in [2.75, 3.05) is 10.6 Å². The number of hydrogen-bond acceptors (Lipinski definition) is 3. The molecule has 27 heavy (non-hydrogen) atoms. The first kappa shape index (κ1) is 19.1. The number of urea groups is 1. The van der Waals surface area contributed by atoms with Crippen molar-refractivity contribution in [1.29, 1.82) is 0 Å². The van der Waals surface area contributed by atoms with Crippen molar-refractivity contribution < 1.29 is 14.4 Å². The molecule has 7 heteroatoms. The summed E-state index contributed by atoms with van der Waals surface area (Å²) in [6.07, 6.45) is 2.32. The van der Waals surface area contributed by atoms with Crippen LogP contribution in [0, 0.1) is 0 Å². The Kier molecular flexibility index (Phi) is 6.24. The van der Waals surface area contributed by atoms with Crippen molar-refractivity contribution in [2.45, 2.75) is 31.7 Å². The second kappa shape index (κ2) is 8.81. The van der Waals surface area contributed by atoms with E-state index in [1.807, 2.05) is 0 Å². The third-order valence-electron chi connectivity index (χ3n) is 4.08. The van der Waals surface area contributed by atoms with E-state index in [4.69, 9.17) is 0 Å². The summed E-state index contributed by atoms with van der Waals surface area (Å²) in [6, 6.07) is 14.0. The van der Waals surface area contributed by atoms with Crippen LogP contribution in [0.1, 0.15) is 36.0 Å². The number of ketones is 1. The van der Waals surface area contributed by atoms with E-state index in [0.717, 1.165) is 17.3 Å². The SMILES string of the molecule is O=C(CCC(=O)c1ccc(Br)cc1)Nc1ccc(NC(=O)NC2CC2)cc1. The van der Waals surface area contributed by atoms with Crippen molar-refractivity contribution in [3.05, 3.63) is 58.6 Å². The predicted octanol–water partition coefficient (Wildman–Crippen LogP) is 4.33. The molecule has 1 saturated carbocycles. The fraction of sp³-hybridized carbons (Fsp3) is 0.250. The summed E-state index contributed by atoms with van der Waals surface area (Å²) in [6.45, 7) is 0. The monoisotopic (exact) mass is 429 g/mol. The van der Waals surface area contributed by atoms with Gasteiger partial charge >= 0.3 is 6.03 Å². The summed E-state index contributed by atoms with van der Waals surface area (Å²) in [5.74, 6) is -0.300. The first-order valence-corrected chi connectivity index (χ1v) is 9.55. The Hall–Kier alpha value is -2.67. The molecule has 0 saturated heterocycles. The van der Waals surface area contributed by atoms with Crippen LogP contribution in [-0.4, -0.2) is 23.8 Å². The number of Topliss-reactive ketones (excluding diaryl/α,β-unsaturated/α-hetero) is 1. The van der Waals surface area contributed by atoms with Gasteiger partial charge in [0.2, 0.25) is 5.91 Å². The summed E-state index contributed by atoms with van der Waals surface area (Å²) in [4.78, 5) is 35.8. The Morgan fingerprint density at radius 3 is 2.04 bits per heavy atom. The molecule has 0 atom stereocenters. The normalized spacial score (nSPS) is 12.9. The highest BCUT2D eigenvalue weighted by Crippen LogP contribution is 2.19. The zero-order valence-corrected chi connectivity index (χ0v) is 16.2. The van der Waals surface area contributed by atoms with Crippen molar-refractivity contribution in [3.63, 3.8) is 0 Å². The lowest BCUT2D eigenvalue weighted by Gasteiger charge is -2.08. The molecule has 0 bridgehead atoms. The highest BCUT2D eigenvalue weighted by Gasteiger charge is 2.23. The maximum Gasteiger partial charge on any atom is 0.319 e. The number of halogens is 1. The molecule has 3 N–H and O–H groups in total. The number of hydrogen-bond donors (Lipinski definition) is 3. The molecule has 1 aliphatic carbocycles. The van der Waals surface area contributed by atoms with Gasteiger partial charge in [-0.15, -0.1) is 0 Å². The van der Waals surface area contributed by atoms with Gasteiger partial charge in [-0.1, -0.05) is 28.1 Å². The molecule has 2 aromatic rings. The molecule has 2 aromatic carbocycles. The maximum absolute atomic E-state index is 12.1.